The molecular weight excluding hydrogens is 630 g/mol. The van der Waals surface area contributed by atoms with Crippen LogP contribution in [-0.4, -0.2) is 59.3 Å². The Bertz CT molecular complexity index is 1710. The second kappa shape index (κ2) is 16.1. The van der Waals surface area contributed by atoms with Crippen molar-refractivity contribution in [2.75, 3.05) is 6.54 Å². The topological polar surface area (TPSA) is 156 Å². The SMILES string of the molecule is CC(C)[C@H](NC(=O)OCc1ccccc1)C(=O)N[C@@H](Cc1ccccc1)C(=O)N[C@@H](C[C@@H]1CCNC1=O)C(=O)c1nc2ccccc2s1. The van der Waals surface area contributed by atoms with Crippen LogP contribution in [0.2, 0.25) is 0 Å². The van der Waals surface area contributed by atoms with E-state index in [2.05, 4.69) is 26.3 Å². The van der Waals surface area contributed by atoms with Gasteiger partial charge >= 0.3 is 6.09 Å². The van der Waals surface area contributed by atoms with Gasteiger partial charge in [0.2, 0.25) is 23.5 Å². The van der Waals surface area contributed by atoms with Crippen LogP contribution >= 0.6 is 11.3 Å². The van der Waals surface area contributed by atoms with Crippen LogP contribution in [0.1, 0.15) is 47.6 Å². The summed E-state index contributed by atoms with van der Waals surface area (Å²) >= 11 is 1.22. The number of benzene rings is 3. The van der Waals surface area contributed by atoms with Crippen molar-refractivity contribution in [3.8, 4) is 0 Å². The fraction of sp³-hybridized carbons (Fsp3) is 0.333. The number of hydrogen-bond donors (Lipinski definition) is 4. The number of alkyl carbamates (subject to hydrolysis) is 1. The number of ether oxygens (including phenoxy) is 1. The summed E-state index contributed by atoms with van der Waals surface area (Å²) in [5, 5.41) is 11.3. The largest absolute Gasteiger partial charge is 0.445 e. The molecule has 48 heavy (non-hydrogen) atoms. The van der Waals surface area contributed by atoms with Crippen LogP contribution < -0.4 is 21.3 Å². The van der Waals surface area contributed by atoms with Gasteiger partial charge in [0, 0.05) is 18.9 Å². The molecule has 0 saturated carbocycles. The minimum atomic E-state index is -1.11. The smallest absolute Gasteiger partial charge is 0.408 e. The molecule has 0 aliphatic carbocycles. The van der Waals surface area contributed by atoms with Crippen molar-refractivity contribution in [2.24, 2.45) is 11.8 Å². The molecule has 4 aromatic rings. The molecule has 0 unspecified atom stereocenters. The standard InChI is InChI=1S/C36H39N5O6S/c1-22(2)30(41-36(46)47-21-24-13-7-4-8-14-24)34(45)39-28(19-23-11-5-3-6-12-23)33(44)38-27(20-25-17-18-37-32(25)43)31(42)35-40-26-15-9-10-16-29(26)48-35/h3-16,22,25,27-28,30H,17-21H2,1-2H3,(H,37,43)(H,38,44)(H,39,45)(H,41,46)/t25-,27-,28-,30-/m0/s1. The van der Waals surface area contributed by atoms with Crippen molar-refractivity contribution in [1.82, 2.24) is 26.3 Å². The number of para-hydroxylation sites is 1. The zero-order valence-corrected chi connectivity index (χ0v) is 27.6. The van der Waals surface area contributed by atoms with Gasteiger partial charge in [0.05, 0.1) is 16.3 Å². The number of thiazole rings is 1. The van der Waals surface area contributed by atoms with Crippen molar-refractivity contribution < 1.29 is 28.7 Å². The van der Waals surface area contributed by atoms with E-state index in [1.807, 2.05) is 84.9 Å². The number of fused-ring (bicyclic) bond motifs is 1. The van der Waals surface area contributed by atoms with Crippen LogP contribution in [0, 0.1) is 11.8 Å². The molecule has 4 amide bonds. The summed E-state index contributed by atoms with van der Waals surface area (Å²) in [4.78, 5) is 71.3. The fourth-order valence-electron chi connectivity index (χ4n) is 5.53. The molecular formula is C36H39N5O6S. The van der Waals surface area contributed by atoms with E-state index in [9.17, 15) is 24.0 Å². The molecule has 1 aliphatic rings. The zero-order chi connectivity index (χ0) is 34.0. The molecule has 0 bridgehead atoms. The summed E-state index contributed by atoms with van der Waals surface area (Å²) in [6, 6.07) is 22.5. The molecule has 1 fully saturated rings. The highest BCUT2D eigenvalue weighted by atomic mass is 32.1. The maximum absolute atomic E-state index is 14.0. The number of Topliss-reactive ketones (excluding diaryl/α,β-unsaturated/α-hetero) is 1. The Kier molecular flexibility index (Phi) is 11.5. The average Bonchev–Trinajstić information content (AvgIpc) is 3.71. The van der Waals surface area contributed by atoms with Gasteiger partial charge < -0.3 is 26.0 Å². The van der Waals surface area contributed by atoms with Gasteiger partial charge in [0.1, 0.15) is 18.7 Å². The van der Waals surface area contributed by atoms with E-state index in [0.29, 0.717) is 18.5 Å². The zero-order valence-electron chi connectivity index (χ0n) is 26.8. The Morgan fingerprint density at radius 3 is 2.15 bits per heavy atom. The highest BCUT2D eigenvalue weighted by molar-refractivity contribution is 7.20. The quantitative estimate of drug-likeness (QED) is 0.147. The highest BCUT2D eigenvalue weighted by Gasteiger charge is 2.36. The number of hydrogen-bond acceptors (Lipinski definition) is 8. The lowest BCUT2D eigenvalue weighted by Crippen LogP contribution is -2.57. The van der Waals surface area contributed by atoms with Crippen LogP contribution in [0.25, 0.3) is 10.2 Å². The van der Waals surface area contributed by atoms with Crippen LogP contribution in [0.5, 0.6) is 0 Å². The number of amides is 4. The lowest BCUT2D eigenvalue weighted by Gasteiger charge is -2.27. The molecule has 4 N–H and O–H groups in total. The molecule has 1 saturated heterocycles. The van der Waals surface area contributed by atoms with Gasteiger partial charge in [-0.05, 0) is 42.0 Å². The van der Waals surface area contributed by atoms with E-state index in [-0.39, 0.29) is 36.3 Å². The Balaban J connectivity index is 1.34. The van der Waals surface area contributed by atoms with Gasteiger partial charge in [-0.15, -0.1) is 11.3 Å². The Hall–Kier alpha value is -5.10. The van der Waals surface area contributed by atoms with E-state index in [1.54, 1.807) is 13.8 Å². The van der Waals surface area contributed by atoms with Crippen molar-refractivity contribution >= 4 is 51.2 Å². The van der Waals surface area contributed by atoms with Gasteiger partial charge in [0.15, 0.2) is 5.01 Å². The van der Waals surface area contributed by atoms with E-state index in [0.717, 1.165) is 15.8 Å². The number of nitrogens with one attached hydrogen (secondary N) is 4. The van der Waals surface area contributed by atoms with Crippen LogP contribution in [0.3, 0.4) is 0 Å². The maximum Gasteiger partial charge on any atom is 0.408 e. The molecule has 4 atom stereocenters. The first kappa shape index (κ1) is 34.2. The third kappa shape index (κ3) is 9.03. The lowest BCUT2D eigenvalue weighted by atomic mass is 9.95. The highest BCUT2D eigenvalue weighted by Crippen LogP contribution is 2.25. The number of ketones is 1. The predicted octanol–water partition coefficient (Wildman–Crippen LogP) is 4.17. The summed E-state index contributed by atoms with van der Waals surface area (Å²) in [5.74, 6) is -2.57. The summed E-state index contributed by atoms with van der Waals surface area (Å²) in [6.07, 6.45) is -0.0341. The molecule has 0 spiro atoms. The van der Waals surface area contributed by atoms with Crippen LogP contribution in [0.4, 0.5) is 4.79 Å². The Labute approximate surface area is 282 Å². The third-order valence-electron chi connectivity index (χ3n) is 8.17. The molecule has 12 heteroatoms. The molecule has 3 aromatic carbocycles. The molecule has 5 rings (SSSR count). The first-order chi connectivity index (χ1) is 23.2. The number of rotatable bonds is 14. The van der Waals surface area contributed by atoms with Crippen LogP contribution in [0.15, 0.2) is 84.9 Å². The van der Waals surface area contributed by atoms with E-state index in [4.69, 9.17) is 4.74 Å². The number of aromatic nitrogens is 1. The van der Waals surface area contributed by atoms with E-state index < -0.39 is 47.7 Å². The Morgan fingerprint density at radius 2 is 1.50 bits per heavy atom. The minimum Gasteiger partial charge on any atom is -0.445 e. The van der Waals surface area contributed by atoms with E-state index in [1.165, 1.54) is 11.3 Å². The minimum absolute atomic E-state index is 0.0290. The molecule has 1 aromatic heterocycles. The molecule has 11 nitrogen and oxygen atoms in total. The predicted molar refractivity (Wildman–Crippen MR) is 182 cm³/mol. The first-order valence-corrected chi connectivity index (χ1v) is 16.8. The molecule has 1 aliphatic heterocycles. The lowest BCUT2D eigenvalue weighted by molar-refractivity contribution is -0.131. The number of nitrogens with zero attached hydrogens (tertiary/aromatic N) is 1. The average molecular weight is 670 g/mol. The van der Waals surface area contributed by atoms with Crippen molar-refractivity contribution in [2.45, 2.75) is 57.8 Å². The number of carbonyl (C=O) groups excluding carboxylic acids is 5. The maximum atomic E-state index is 14.0. The first-order valence-electron chi connectivity index (χ1n) is 16.0. The second-order valence-electron chi connectivity index (χ2n) is 12.1. The van der Waals surface area contributed by atoms with Gasteiger partial charge in [-0.2, -0.15) is 0 Å². The molecule has 2 heterocycles. The van der Waals surface area contributed by atoms with Gasteiger partial charge in [-0.3, -0.25) is 19.2 Å². The summed E-state index contributed by atoms with van der Waals surface area (Å²) < 4.78 is 6.16. The third-order valence-corrected chi connectivity index (χ3v) is 9.22. The van der Waals surface area contributed by atoms with Crippen molar-refractivity contribution in [3.63, 3.8) is 0 Å². The summed E-state index contributed by atoms with van der Waals surface area (Å²) in [7, 11) is 0. The summed E-state index contributed by atoms with van der Waals surface area (Å²) in [6.45, 7) is 4.06. The second-order valence-corrected chi connectivity index (χ2v) is 13.1. The Morgan fingerprint density at radius 1 is 0.854 bits per heavy atom. The van der Waals surface area contributed by atoms with Crippen molar-refractivity contribution in [1.29, 1.82) is 0 Å². The van der Waals surface area contributed by atoms with Gasteiger partial charge in [0.25, 0.3) is 0 Å². The normalized spacial score (nSPS) is 16.1. The molecule has 250 valence electrons. The van der Waals surface area contributed by atoms with Gasteiger partial charge in [-0.25, -0.2) is 9.78 Å². The van der Waals surface area contributed by atoms with Crippen molar-refractivity contribution in [3.05, 3.63) is 101 Å². The van der Waals surface area contributed by atoms with Crippen LogP contribution in [-0.2, 0) is 32.1 Å². The number of carbonyl (C=O) groups is 5. The van der Waals surface area contributed by atoms with Gasteiger partial charge in [-0.1, -0.05) is 86.6 Å². The molecule has 0 radical (unpaired) electrons. The van der Waals surface area contributed by atoms with E-state index >= 15 is 0 Å². The monoisotopic (exact) mass is 669 g/mol. The fourth-order valence-corrected chi connectivity index (χ4v) is 6.49. The summed E-state index contributed by atoms with van der Waals surface area (Å²) in [5.41, 5.74) is 2.24.